The van der Waals surface area contributed by atoms with Crippen molar-refractivity contribution >= 4 is 21.7 Å². The molecule has 1 atom stereocenters. The maximum absolute atomic E-state index is 12.8. The van der Waals surface area contributed by atoms with Crippen LogP contribution in [-0.2, 0) is 4.79 Å². The van der Waals surface area contributed by atoms with Gasteiger partial charge in [-0.2, -0.15) is 0 Å². The number of rotatable bonds is 3. The number of hydrogen-bond donors (Lipinski definition) is 0. The Morgan fingerprint density at radius 3 is 2.22 bits per heavy atom. The molecule has 0 saturated carbocycles. The van der Waals surface area contributed by atoms with Gasteiger partial charge in [0, 0.05) is 6.42 Å². The number of alkyl halides is 2. The molecule has 0 aliphatic heterocycles. The van der Waals surface area contributed by atoms with Crippen molar-refractivity contribution in [2.75, 3.05) is 0 Å². The minimum absolute atomic E-state index is 0.194. The van der Waals surface area contributed by atoms with Gasteiger partial charge in [-0.15, -0.1) is 0 Å². The summed E-state index contributed by atoms with van der Waals surface area (Å²) in [5, 5.41) is 0. The van der Waals surface area contributed by atoms with Gasteiger partial charge < -0.3 is 0 Å². The van der Waals surface area contributed by atoms with Gasteiger partial charge in [-0.1, -0.05) is 13.8 Å². The van der Waals surface area contributed by atoms with Crippen molar-refractivity contribution in [3.05, 3.63) is 0 Å². The summed E-state index contributed by atoms with van der Waals surface area (Å²) in [7, 11) is 0. The molecule has 1 nitrogen and oxygen atoms in total. The van der Waals surface area contributed by atoms with Gasteiger partial charge in [-0.3, -0.25) is 4.79 Å². The Labute approximate surface area is 62.8 Å². The highest BCUT2D eigenvalue weighted by Gasteiger charge is 2.30. The first-order valence-corrected chi connectivity index (χ1v) is 3.75. The summed E-state index contributed by atoms with van der Waals surface area (Å²) >= 11 is 2.69. The van der Waals surface area contributed by atoms with E-state index in [1.54, 1.807) is 13.8 Å². The Morgan fingerprint density at radius 2 is 2.11 bits per heavy atom. The molecule has 0 aromatic rings. The van der Waals surface area contributed by atoms with E-state index in [1.165, 1.54) is 0 Å². The van der Waals surface area contributed by atoms with Crippen molar-refractivity contribution in [2.45, 2.75) is 31.3 Å². The van der Waals surface area contributed by atoms with E-state index < -0.39 is 4.58 Å². The first-order chi connectivity index (χ1) is 4.04. The molecule has 54 valence electrons. The normalized spacial score (nSPS) is 16.9. The average molecular weight is 197 g/mol. The van der Waals surface area contributed by atoms with Crippen molar-refractivity contribution in [3.8, 4) is 0 Å². The van der Waals surface area contributed by atoms with Crippen molar-refractivity contribution < 1.29 is 9.18 Å². The maximum atomic E-state index is 12.8. The monoisotopic (exact) mass is 196 g/mol. The van der Waals surface area contributed by atoms with Crippen LogP contribution in [0.1, 0.15) is 26.7 Å². The van der Waals surface area contributed by atoms with Crippen LogP contribution in [-0.4, -0.2) is 10.4 Å². The molecule has 0 amide bonds. The molecule has 1 unspecified atom stereocenters. The van der Waals surface area contributed by atoms with Crippen molar-refractivity contribution in [1.29, 1.82) is 0 Å². The molecule has 0 saturated heterocycles. The van der Waals surface area contributed by atoms with Crippen LogP contribution in [0.2, 0.25) is 0 Å². The third-order valence-electron chi connectivity index (χ3n) is 1.17. The maximum Gasteiger partial charge on any atom is 0.222 e. The number of hydrogen-bond acceptors (Lipinski definition) is 1. The van der Waals surface area contributed by atoms with Gasteiger partial charge in [0.2, 0.25) is 4.58 Å². The number of ketones is 1. The summed E-state index contributed by atoms with van der Waals surface area (Å²) in [6.07, 6.45) is 0.440. The lowest BCUT2D eigenvalue weighted by Crippen LogP contribution is -2.24. The molecule has 0 radical (unpaired) electrons. The van der Waals surface area contributed by atoms with Gasteiger partial charge in [0.15, 0.2) is 5.78 Å². The molecule has 0 aromatic heterocycles. The van der Waals surface area contributed by atoms with Crippen LogP contribution in [0.25, 0.3) is 0 Å². The summed E-state index contributed by atoms with van der Waals surface area (Å²) in [6, 6.07) is 0. The van der Waals surface area contributed by atoms with Crippen molar-refractivity contribution in [3.63, 3.8) is 0 Å². The first kappa shape index (κ1) is 9.08. The summed E-state index contributed by atoms with van der Waals surface area (Å²) in [6.45, 7) is 3.27. The zero-order valence-electron chi connectivity index (χ0n) is 5.58. The molecule has 3 heteroatoms. The number of Topliss-reactive ketones (excluding diaryl/α,β-unsaturated/α-hetero) is 1. The van der Waals surface area contributed by atoms with Crippen LogP contribution >= 0.6 is 15.9 Å². The van der Waals surface area contributed by atoms with E-state index in [0.29, 0.717) is 0 Å². The van der Waals surface area contributed by atoms with Gasteiger partial charge in [0.05, 0.1) is 0 Å². The lowest BCUT2D eigenvalue weighted by Gasteiger charge is -2.11. The molecule has 9 heavy (non-hydrogen) atoms. The first-order valence-electron chi connectivity index (χ1n) is 2.95. The lowest BCUT2D eigenvalue weighted by atomic mass is 10.2. The molecule has 0 aliphatic carbocycles. The quantitative estimate of drug-likeness (QED) is 0.635. The Kier molecular flexibility index (Phi) is 3.33. The number of halogens is 2. The van der Waals surface area contributed by atoms with Crippen LogP contribution in [0.4, 0.5) is 4.39 Å². The van der Waals surface area contributed by atoms with E-state index >= 15 is 0 Å². The second-order valence-electron chi connectivity index (χ2n) is 1.83. The molecule has 0 spiro atoms. The molecule has 0 bridgehead atoms. The smallest absolute Gasteiger partial charge is 0.222 e. The largest absolute Gasteiger partial charge is 0.295 e. The number of carbonyl (C=O) groups excluding carboxylic acids is 1. The van der Waals surface area contributed by atoms with Gasteiger partial charge >= 0.3 is 0 Å². The van der Waals surface area contributed by atoms with Crippen LogP contribution in [0.3, 0.4) is 0 Å². The van der Waals surface area contributed by atoms with E-state index in [2.05, 4.69) is 15.9 Å². The van der Waals surface area contributed by atoms with Gasteiger partial charge in [-0.25, -0.2) is 4.39 Å². The molecule has 0 aromatic carbocycles. The Morgan fingerprint density at radius 1 is 1.67 bits per heavy atom. The molecular formula is C6H10BrFO. The van der Waals surface area contributed by atoms with E-state index in [4.69, 9.17) is 0 Å². The third-order valence-corrected chi connectivity index (χ3v) is 2.18. The predicted octanol–water partition coefficient (Wildman–Crippen LogP) is 2.44. The molecule has 0 aliphatic rings. The summed E-state index contributed by atoms with van der Waals surface area (Å²) in [5.41, 5.74) is 0. The molecular weight excluding hydrogens is 187 g/mol. The minimum Gasteiger partial charge on any atom is -0.295 e. The third kappa shape index (κ3) is 2.43. The minimum atomic E-state index is -1.78. The Hall–Kier alpha value is 0.0800. The summed E-state index contributed by atoms with van der Waals surface area (Å²) in [4.78, 5) is 10.6. The molecule has 0 fully saturated rings. The van der Waals surface area contributed by atoms with Crippen LogP contribution < -0.4 is 0 Å². The highest BCUT2D eigenvalue weighted by molar-refractivity contribution is 9.10. The van der Waals surface area contributed by atoms with E-state index in [9.17, 15) is 9.18 Å². The zero-order chi connectivity index (χ0) is 7.49. The van der Waals surface area contributed by atoms with Gasteiger partial charge in [0.25, 0.3) is 0 Å². The predicted molar refractivity (Wildman–Crippen MR) is 38.4 cm³/mol. The van der Waals surface area contributed by atoms with Gasteiger partial charge in [-0.05, 0) is 22.4 Å². The fourth-order valence-electron chi connectivity index (χ4n) is 0.456. The molecule has 0 heterocycles. The standard InChI is InChI=1S/C6H10BrFO/c1-3-5(9)6(7,8)4-2/h3-4H2,1-2H3. The SMILES string of the molecule is CCC(=O)C(F)(Br)CC. The zero-order valence-corrected chi connectivity index (χ0v) is 7.16. The Balaban J connectivity index is 3.97. The van der Waals surface area contributed by atoms with E-state index in [0.717, 1.165) is 0 Å². The second kappa shape index (κ2) is 3.30. The molecule has 0 rings (SSSR count). The van der Waals surface area contributed by atoms with Gasteiger partial charge in [0.1, 0.15) is 0 Å². The highest BCUT2D eigenvalue weighted by Crippen LogP contribution is 2.25. The van der Waals surface area contributed by atoms with Crippen molar-refractivity contribution in [1.82, 2.24) is 0 Å². The van der Waals surface area contributed by atoms with E-state index in [-0.39, 0.29) is 18.6 Å². The highest BCUT2D eigenvalue weighted by atomic mass is 79.9. The summed E-state index contributed by atoms with van der Waals surface area (Å²) < 4.78 is 11.0. The van der Waals surface area contributed by atoms with E-state index in [1.807, 2.05) is 0 Å². The van der Waals surface area contributed by atoms with Crippen LogP contribution in [0.15, 0.2) is 0 Å². The fraction of sp³-hybridized carbons (Fsp3) is 0.833. The van der Waals surface area contributed by atoms with Crippen LogP contribution in [0, 0.1) is 0 Å². The van der Waals surface area contributed by atoms with Crippen molar-refractivity contribution in [2.24, 2.45) is 0 Å². The molecule has 0 N–H and O–H groups in total. The topological polar surface area (TPSA) is 17.1 Å². The second-order valence-corrected chi connectivity index (χ2v) is 3.09. The van der Waals surface area contributed by atoms with Crippen LogP contribution in [0.5, 0.6) is 0 Å². The average Bonchev–Trinajstić information content (AvgIpc) is 1.86. The lowest BCUT2D eigenvalue weighted by molar-refractivity contribution is -0.124. The summed E-state index contributed by atoms with van der Waals surface area (Å²) in [5.74, 6) is -0.384. The Bertz CT molecular complexity index is 112. The fourth-order valence-corrected chi connectivity index (χ4v) is 0.736. The number of carbonyl (C=O) groups is 1.